The molecule has 3 nitrogen and oxygen atoms in total. The largest absolute Gasteiger partial charge is 0.375 e. The van der Waals surface area contributed by atoms with Crippen molar-refractivity contribution in [3.63, 3.8) is 0 Å². The summed E-state index contributed by atoms with van der Waals surface area (Å²) in [5, 5.41) is 0.511. The minimum absolute atomic E-state index is 0.238. The minimum Gasteiger partial charge on any atom is -0.375 e. The van der Waals surface area contributed by atoms with Crippen LogP contribution in [0, 0.1) is 0 Å². The minimum atomic E-state index is 0.238. The van der Waals surface area contributed by atoms with Gasteiger partial charge in [-0.05, 0) is 18.6 Å². The number of ether oxygens (including phenoxy) is 1. The Labute approximate surface area is 106 Å². The molecule has 4 heteroatoms. The number of halogens is 1. The Hall–Kier alpha value is -1.06. The fourth-order valence-corrected chi connectivity index (χ4v) is 2.32. The van der Waals surface area contributed by atoms with Gasteiger partial charge in [0.15, 0.2) is 6.29 Å². The molecule has 1 atom stereocenters. The van der Waals surface area contributed by atoms with Crippen molar-refractivity contribution in [2.45, 2.75) is 19.4 Å². The molecule has 1 heterocycles. The van der Waals surface area contributed by atoms with Crippen LogP contribution >= 0.6 is 11.6 Å². The molecule has 0 radical (unpaired) electrons. The zero-order valence-corrected chi connectivity index (χ0v) is 10.6. The van der Waals surface area contributed by atoms with Gasteiger partial charge in [0, 0.05) is 18.8 Å². The number of carbonyl (C=O) groups is 1. The average molecular weight is 254 g/mol. The third kappa shape index (κ3) is 2.61. The van der Waals surface area contributed by atoms with E-state index in [1.807, 2.05) is 12.1 Å². The Kier molecular flexibility index (Phi) is 4.02. The molecule has 0 saturated carbocycles. The molecule has 0 bridgehead atoms. The van der Waals surface area contributed by atoms with E-state index in [0.717, 1.165) is 31.5 Å². The van der Waals surface area contributed by atoms with Crippen LogP contribution in [-0.4, -0.2) is 32.1 Å². The van der Waals surface area contributed by atoms with Crippen molar-refractivity contribution < 1.29 is 9.53 Å². The Balaban J connectivity index is 2.27. The monoisotopic (exact) mass is 253 g/mol. The summed E-state index contributed by atoms with van der Waals surface area (Å²) in [6.07, 6.45) is 2.05. The van der Waals surface area contributed by atoms with Crippen LogP contribution in [0.4, 0.5) is 5.69 Å². The highest BCUT2D eigenvalue weighted by Crippen LogP contribution is 2.27. The average Bonchev–Trinajstić information content (AvgIpc) is 2.38. The maximum absolute atomic E-state index is 11.1. The predicted octanol–water partition coefficient (Wildman–Crippen LogP) is 2.77. The van der Waals surface area contributed by atoms with Crippen LogP contribution in [0.1, 0.15) is 23.7 Å². The van der Waals surface area contributed by atoms with E-state index in [2.05, 4.69) is 11.8 Å². The highest BCUT2D eigenvalue weighted by molar-refractivity contribution is 6.33. The summed E-state index contributed by atoms with van der Waals surface area (Å²) in [5.41, 5.74) is 1.49. The van der Waals surface area contributed by atoms with E-state index in [4.69, 9.17) is 16.3 Å². The standard InChI is InChI=1S/C13H16ClNO2/c1-2-10-8-15(6-7-17-10)13-5-3-4-12(14)11(13)9-16/h3-5,9-10H,2,6-8H2,1H3. The Morgan fingerprint density at radius 1 is 1.59 bits per heavy atom. The summed E-state index contributed by atoms with van der Waals surface area (Å²) in [6.45, 7) is 4.42. The van der Waals surface area contributed by atoms with Crippen molar-refractivity contribution in [1.82, 2.24) is 0 Å². The van der Waals surface area contributed by atoms with Crippen molar-refractivity contribution in [1.29, 1.82) is 0 Å². The molecule has 1 fully saturated rings. The number of anilines is 1. The molecule has 2 rings (SSSR count). The van der Waals surface area contributed by atoms with Crippen LogP contribution in [0.5, 0.6) is 0 Å². The van der Waals surface area contributed by atoms with Crippen LogP contribution in [0.25, 0.3) is 0 Å². The predicted molar refractivity (Wildman–Crippen MR) is 69.1 cm³/mol. The third-order valence-electron chi connectivity index (χ3n) is 3.08. The second-order valence-electron chi connectivity index (χ2n) is 4.14. The van der Waals surface area contributed by atoms with Crippen LogP contribution < -0.4 is 4.90 Å². The number of hydrogen-bond acceptors (Lipinski definition) is 3. The van der Waals surface area contributed by atoms with Gasteiger partial charge in [-0.1, -0.05) is 24.6 Å². The van der Waals surface area contributed by atoms with E-state index in [0.29, 0.717) is 17.2 Å². The van der Waals surface area contributed by atoms with Crippen molar-refractivity contribution in [2.24, 2.45) is 0 Å². The first kappa shape index (κ1) is 12.4. The number of nitrogens with zero attached hydrogens (tertiary/aromatic N) is 1. The Morgan fingerprint density at radius 2 is 2.41 bits per heavy atom. The van der Waals surface area contributed by atoms with Crippen molar-refractivity contribution >= 4 is 23.6 Å². The third-order valence-corrected chi connectivity index (χ3v) is 3.41. The molecule has 17 heavy (non-hydrogen) atoms. The second-order valence-corrected chi connectivity index (χ2v) is 4.54. The first-order valence-corrected chi connectivity index (χ1v) is 6.24. The molecule has 0 aliphatic carbocycles. The fourth-order valence-electron chi connectivity index (χ4n) is 2.10. The van der Waals surface area contributed by atoms with E-state index in [9.17, 15) is 4.79 Å². The van der Waals surface area contributed by atoms with Gasteiger partial charge in [-0.25, -0.2) is 0 Å². The Morgan fingerprint density at radius 3 is 3.12 bits per heavy atom. The van der Waals surface area contributed by atoms with Gasteiger partial charge in [0.25, 0.3) is 0 Å². The van der Waals surface area contributed by atoms with E-state index in [1.54, 1.807) is 6.07 Å². The first-order chi connectivity index (χ1) is 8.26. The molecule has 0 spiro atoms. The number of carbonyl (C=O) groups excluding carboxylic acids is 1. The smallest absolute Gasteiger partial charge is 0.153 e. The zero-order chi connectivity index (χ0) is 12.3. The molecule has 1 aromatic rings. The number of benzene rings is 1. The molecule has 1 aliphatic heterocycles. The second kappa shape index (κ2) is 5.52. The SMILES string of the molecule is CCC1CN(c2cccc(Cl)c2C=O)CCO1. The van der Waals surface area contributed by atoms with Crippen LogP contribution in [0.3, 0.4) is 0 Å². The van der Waals surface area contributed by atoms with Gasteiger partial charge in [-0.2, -0.15) is 0 Å². The number of hydrogen-bond donors (Lipinski definition) is 0. The van der Waals surface area contributed by atoms with Crippen molar-refractivity contribution in [3.8, 4) is 0 Å². The van der Waals surface area contributed by atoms with Gasteiger partial charge < -0.3 is 9.64 Å². The summed E-state index contributed by atoms with van der Waals surface area (Å²) in [5.74, 6) is 0. The quantitative estimate of drug-likeness (QED) is 0.776. The number of morpholine rings is 1. The fraction of sp³-hybridized carbons (Fsp3) is 0.462. The molecule has 1 unspecified atom stereocenters. The molecule has 1 aliphatic rings. The highest BCUT2D eigenvalue weighted by Gasteiger charge is 2.21. The van der Waals surface area contributed by atoms with Crippen molar-refractivity contribution in [2.75, 3.05) is 24.6 Å². The summed E-state index contributed by atoms with van der Waals surface area (Å²) >= 11 is 6.03. The summed E-state index contributed by atoms with van der Waals surface area (Å²) in [7, 11) is 0. The first-order valence-electron chi connectivity index (χ1n) is 5.86. The van der Waals surface area contributed by atoms with Gasteiger partial charge in [-0.3, -0.25) is 4.79 Å². The van der Waals surface area contributed by atoms with Crippen LogP contribution in [0.2, 0.25) is 5.02 Å². The van der Waals surface area contributed by atoms with E-state index in [-0.39, 0.29) is 6.10 Å². The van der Waals surface area contributed by atoms with Gasteiger partial charge in [-0.15, -0.1) is 0 Å². The number of aldehydes is 1. The van der Waals surface area contributed by atoms with Gasteiger partial charge in [0.05, 0.1) is 23.3 Å². The lowest BCUT2D eigenvalue weighted by atomic mass is 10.1. The molecule has 1 aromatic carbocycles. The van der Waals surface area contributed by atoms with Crippen LogP contribution in [-0.2, 0) is 4.74 Å². The topological polar surface area (TPSA) is 29.5 Å². The molecular formula is C13H16ClNO2. The molecule has 0 aromatic heterocycles. The highest BCUT2D eigenvalue weighted by atomic mass is 35.5. The zero-order valence-electron chi connectivity index (χ0n) is 9.86. The van der Waals surface area contributed by atoms with E-state index < -0.39 is 0 Å². The van der Waals surface area contributed by atoms with Crippen LogP contribution in [0.15, 0.2) is 18.2 Å². The summed E-state index contributed by atoms with van der Waals surface area (Å²) in [6, 6.07) is 5.56. The summed E-state index contributed by atoms with van der Waals surface area (Å²) in [4.78, 5) is 13.3. The molecule has 0 N–H and O–H groups in total. The van der Waals surface area contributed by atoms with E-state index in [1.165, 1.54) is 0 Å². The molecule has 92 valence electrons. The van der Waals surface area contributed by atoms with E-state index >= 15 is 0 Å². The van der Waals surface area contributed by atoms with Gasteiger partial charge in [0.1, 0.15) is 0 Å². The lowest BCUT2D eigenvalue weighted by Gasteiger charge is -2.34. The molecular weight excluding hydrogens is 238 g/mol. The molecule has 1 saturated heterocycles. The van der Waals surface area contributed by atoms with Crippen molar-refractivity contribution in [3.05, 3.63) is 28.8 Å². The molecule has 0 amide bonds. The summed E-state index contributed by atoms with van der Waals surface area (Å²) < 4.78 is 5.62. The van der Waals surface area contributed by atoms with Gasteiger partial charge in [0.2, 0.25) is 0 Å². The normalized spacial score (nSPS) is 20.4. The number of rotatable bonds is 3. The lowest BCUT2D eigenvalue weighted by Crippen LogP contribution is -2.42. The lowest BCUT2D eigenvalue weighted by molar-refractivity contribution is 0.0384. The van der Waals surface area contributed by atoms with Gasteiger partial charge >= 0.3 is 0 Å². The Bertz CT molecular complexity index is 408. The maximum Gasteiger partial charge on any atom is 0.153 e. The maximum atomic E-state index is 11.1.